The van der Waals surface area contributed by atoms with Crippen molar-refractivity contribution in [2.24, 2.45) is 0 Å². The molecule has 0 heterocycles. The van der Waals surface area contributed by atoms with Crippen LogP contribution < -0.4 is 0 Å². The first kappa shape index (κ1) is 18.2. The van der Waals surface area contributed by atoms with Crippen LogP contribution in [-0.2, 0) is 14.6 Å². The van der Waals surface area contributed by atoms with Gasteiger partial charge in [-0.2, -0.15) is 21.0 Å². The predicted octanol–water partition coefficient (Wildman–Crippen LogP) is 2.56. The summed E-state index contributed by atoms with van der Waals surface area (Å²) in [5.74, 6) is 0.950. The second-order valence-electron chi connectivity index (χ2n) is 4.32. The summed E-state index contributed by atoms with van der Waals surface area (Å²) in [6.45, 7) is 0. The predicted molar refractivity (Wildman–Crippen MR) is 74.0 cm³/mol. The molecule has 0 rings (SSSR count). The molecule has 0 aliphatic rings. The molecule has 0 spiro atoms. The minimum Gasteiger partial charge on any atom is -0.367 e. The molecule has 1 atom stereocenters. The zero-order valence-corrected chi connectivity index (χ0v) is 12.3. The molecule has 110 valence electrons. The molecule has 0 saturated heterocycles. The first-order chi connectivity index (χ1) is 8.45. The quantitative estimate of drug-likeness (QED) is 0.223. The fourth-order valence-electron chi connectivity index (χ4n) is 1.68. The van der Waals surface area contributed by atoms with Gasteiger partial charge in [-0.25, -0.2) is 4.18 Å². The van der Waals surface area contributed by atoms with Crippen LogP contribution in [0.1, 0.15) is 57.8 Å². The van der Waals surface area contributed by atoms with E-state index in [9.17, 15) is 8.42 Å². The van der Waals surface area contributed by atoms with E-state index in [0.29, 0.717) is 6.42 Å². The Balaban J connectivity index is 3.25. The lowest BCUT2D eigenvalue weighted by atomic mass is 10.1. The molecule has 0 radical (unpaired) electrons. The van der Waals surface area contributed by atoms with Crippen molar-refractivity contribution in [2.75, 3.05) is 5.75 Å². The Bertz CT molecular complexity index is 279. The van der Waals surface area contributed by atoms with Crippen LogP contribution in [0.25, 0.3) is 0 Å². The maximum atomic E-state index is 10.3. The Labute approximate surface area is 115 Å². The van der Waals surface area contributed by atoms with E-state index in [1.165, 1.54) is 25.7 Å². The molecule has 0 bridgehead atoms. The average Bonchev–Trinajstić information content (AvgIpc) is 2.24. The highest BCUT2D eigenvalue weighted by Crippen LogP contribution is 2.11. The molecule has 0 amide bonds. The molecule has 5 nitrogen and oxygen atoms in total. The fourth-order valence-corrected chi connectivity index (χ4v) is 2.28. The molecule has 0 aromatic rings. The van der Waals surface area contributed by atoms with Gasteiger partial charge in [-0.3, -0.25) is 4.55 Å². The maximum Gasteiger partial charge on any atom is 0.399 e. The smallest absolute Gasteiger partial charge is 0.367 e. The molecule has 18 heavy (non-hydrogen) atoms. The van der Waals surface area contributed by atoms with Crippen LogP contribution in [0.5, 0.6) is 0 Å². The van der Waals surface area contributed by atoms with E-state index in [4.69, 9.17) is 9.66 Å². The normalized spacial score (nSPS) is 13.7. The number of unbranched alkanes of at least 4 members (excludes halogenated alkanes) is 7. The molecule has 0 fully saturated rings. The second-order valence-corrected chi connectivity index (χ2v) is 5.81. The van der Waals surface area contributed by atoms with Crippen molar-refractivity contribution in [2.45, 2.75) is 64.1 Å². The highest BCUT2D eigenvalue weighted by Gasteiger charge is 2.12. The molecule has 0 aromatic heterocycles. The SMILES string of the molecule is O=S(=O)(O)OC(O)CCCCCCCCCCS. The van der Waals surface area contributed by atoms with Crippen molar-refractivity contribution in [1.82, 2.24) is 0 Å². The van der Waals surface area contributed by atoms with Crippen molar-refractivity contribution in [1.29, 1.82) is 0 Å². The molecule has 0 aromatic carbocycles. The molecule has 0 saturated carbocycles. The molecule has 0 aliphatic carbocycles. The van der Waals surface area contributed by atoms with Crippen LogP contribution >= 0.6 is 12.6 Å². The van der Waals surface area contributed by atoms with Gasteiger partial charge in [-0.05, 0) is 25.0 Å². The van der Waals surface area contributed by atoms with Gasteiger partial charge in [-0.15, -0.1) is 0 Å². The monoisotopic (exact) mass is 300 g/mol. The van der Waals surface area contributed by atoms with Crippen LogP contribution in [0.15, 0.2) is 0 Å². The van der Waals surface area contributed by atoms with Crippen LogP contribution in [-0.4, -0.2) is 30.1 Å². The number of hydrogen-bond donors (Lipinski definition) is 3. The lowest BCUT2D eigenvalue weighted by Gasteiger charge is -2.08. The molecule has 2 N–H and O–H groups in total. The van der Waals surface area contributed by atoms with Gasteiger partial charge in [0.1, 0.15) is 0 Å². The Morgan fingerprint density at radius 3 is 1.83 bits per heavy atom. The van der Waals surface area contributed by atoms with E-state index >= 15 is 0 Å². The van der Waals surface area contributed by atoms with Gasteiger partial charge < -0.3 is 5.11 Å². The molecular formula is C11H24O5S2. The average molecular weight is 300 g/mol. The lowest BCUT2D eigenvalue weighted by Crippen LogP contribution is -2.16. The second kappa shape index (κ2) is 11.0. The summed E-state index contributed by atoms with van der Waals surface area (Å²) < 4.78 is 32.8. The zero-order chi connectivity index (χ0) is 13.9. The van der Waals surface area contributed by atoms with Gasteiger partial charge in [0.05, 0.1) is 0 Å². The number of rotatable bonds is 12. The fraction of sp³-hybridized carbons (Fsp3) is 1.00. The van der Waals surface area contributed by atoms with Gasteiger partial charge >= 0.3 is 10.4 Å². The summed E-state index contributed by atoms with van der Waals surface area (Å²) in [6.07, 6.45) is 7.46. The van der Waals surface area contributed by atoms with Crippen molar-refractivity contribution in [3.05, 3.63) is 0 Å². The first-order valence-corrected chi connectivity index (χ1v) is 8.40. The van der Waals surface area contributed by atoms with Gasteiger partial charge in [0, 0.05) is 0 Å². The first-order valence-electron chi connectivity index (χ1n) is 6.40. The maximum absolute atomic E-state index is 10.3. The van der Waals surface area contributed by atoms with E-state index in [1.54, 1.807) is 0 Å². The van der Waals surface area contributed by atoms with E-state index in [2.05, 4.69) is 16.8 Å². The number of thiol groups is 1. The van der Waals surface area contributed by atoms with Gasteiger partial charge in [-0.1, -0.05) is 38.5 Å². The summed E-state index contributed by atoms with van der Waals surface area (Å²) in [5, 5.41) is 9.12. The third kappa shape index (κ3) is 14.2. The standard InChI is InChI=1S/C11H24O5S2/c12-11(16-18(13,14)15)9-7-5-3-1-2-4-6-8-10-17/h11-12,17H,1-10H2,(H,13,14,15). The molecule has 0 aliphatic heterocycles. The summed E-state index contributed by atoms with van der Waals surface area (Å²) in [4.78, 5) is 0. The van der Waals surface area contributed by atoms with Crippen molar-refractivity contribution in [3.63, 3.8) is 0 Å². The largest absolute Gasteiger partial charge is 0.399 e. The van der Waals surface area contributed by atoms with Crippen LogP contribution in [0.3, 0.4) is 0 Å². The number of hydrogen-bond acceptors (Lipinski definition) is 5. The van der Waals surface area contributed by atoms with Crippen molar-refractivity contribution < 1.29 is 22.3 Å². The number of aliphatic hydroxyl groups is 1. The third-order valence-electron chi connectivity index (χ3n) is 2.59. The van der Waals surface area contributed by atoms with E-state index < -0.39 is 16.7 Å². The molecular weight excluding hydrogens is 276 g/mol. The zero-order valence-electron chi connectivity index (χ0n) is 10.6. The molecule has 1 unspecified atom stereocenters. The summed E-state index contributed by atoms with van der Waals surface area (Å²) in [5.41, 5.74) is 0. The van der Waals surface area contributed by atoms with Gasteiger partial charge in [0.25, 0.3) is 0 Å². The highest BCUT2D eigenvalue weighted by atomic mass is 32.3. The van der Waals surface area contributed by atoms with E-state index in [0.717, 1.165) is 25.0 Å². The Morgan fingerprint density at radius 1 is 0.944 bits per heavy atom. The van der Waals surface area contributed by atoms with Crippen molar-refractivity contribution in [3.8, 4) is 0 Å². The minimum absolute atomic E-state index is 0.222. The van der Waals surface area contributed by atoms with E-state index in [1.807, 2.05) is 0 Å². The Hall–Kier alpha value is 0.180. The van der Waals surface area contributed by atoms with Crippen LogP contribution in [0.2, 0.25) is 0 Å². The van der Waals surface area contributed by atoms with Gasteiger partial charge in [0.15, 0.2) is 6.29 Å². The van der Waals surface area contributed by atoms with Gasteiger partial charge in [0.2, 0.25) is 0 Å². The Morgan fingerprint density at radius 2 is 1.39 bits per heavy atom. The van der Waals surface area contributed by atoms with E-state index in [-0.39, 0.29) is 6.42 Å². The topological polar surface area (TPSA) is 83.8 Å². The lowest BCUT2D eigenvalue weighted by molar-refractivity contribution is -0.0267. The van der Waals surface area contributed by atoms with Crippen LogP contribution in [0.4, 0.5) is 0 Å². The highest BCUT2D eigenvalue weighted by molar-refractivity contribution is 7.80. The third-order valence-corrected chi connectivity index (χ3v) is 3.37. The Kier molecular flexibility index (Phi) is 11.2. The summed E-state index contributed by atoms with van der Waals surface area (Å²) in [6, 6.07) is 0. The summed E-state index contributed by atoms with van der Waals surface area (Å²) >= 11 is 4.14. The summed E-state index contributed by atoms with van der Waals surface area (Å²) in [7, 11) is -4.54. The van der Waals surface area contributed by atoms with Crippen LogP contribution in [0, 0.1) is 0 Å². The number of aliphatic hydroxyl groups excluding tert-OH is 1. The molecule has 7 heteroatoms. The minimum atomic E-state index is -4.54. The van der Waals surface area contributed by atoms with Crippen molar-refractivity contribution >= 4 is 23.0 Å².